The predicted molar refractivity (Wildman–Crippen MR) is 80.0 cm³/mol. The van der Waals surface area contributed by atoms with E-state index in [9.17, 15) is 13.2 Å². The number of carbonyl (C=O) groups excluding carboxylic acids is 1. The Morgan fingerprint density at radius 1 is 1.38 bits per heavy atom. The number of esters is 1. The fourth-order valence-corrected chi connectivity index (χ4v) is 5.89. The van der Waals surface area contributed by atoms with Crippen molar-refractivity contribution in [3.63, 3.8) is 0 Å². The lowest BCUT2D eigenvalue weighted by molar-refractivity contribution is 0.0602. The number of hydrogen-bond acceptors (Lipinski definition) is 5. The summed E-state index contributed by atoms with van der Waals surface area (Å²) in [6, 6.07) is 0.111. The van der Waals surface area contributed by atoms with Gasteiger partial charge in [-0.2, -0.15) is 4.31 Å². The number of hydrogen-bond donors (Lipinski definition) is 0. The van der Waals surface area contributed by atoms with Crippen LogP contribution in [0.1, 0.15) is 40.9 Å². The third kappa shape index (κ3) is 2.86. The average Bonchev–Trinajstić information content (AvgIpc) is 3.33. The van der Waals surface area contributed by atoms with E-state index in [4.69, 9.17) is 4.74 Å². The minimum atomic E-state index is -3.62. The van der Waals surface area contributed by atoms with E-state index in [1.807, 2.05) is 0 Å². The topological polar surface area (TPSA) is 63.7 Å². The number of ether oxygens (including phenoxy) is 1. The highest BCUT2D eigenvalue weighted by Crippen LogP contribution is 2.40. The molecule has 2 aliphatic rings. The van der Waals surface area contributed by atoms with Crippen LogP contribution in [0.2, 0.25) is 0 Å². The summed E-state index contributed by atoms with van der Waals surface area (Å²) in [5.41, 5.74) is 0.627. The molecule has 7 heteroatoms. The van der Waals surface area contributed by atoms with Crippen molar-refractivity contribution in [3.8, 4) is 0 Å². The Hall–Kier alpha value is -0.920. The maximum atomic E-state index is 13.0. The summed E-state index contributed by atoms with van der Waals surface area (Å²) < 4.78 is 32.4. The Balaban J connectivity index is 2.00. The molecule has 1 aromatic heterocycles. The van der Waals surface area contributed by atoms with Crippen molar-refractivity contribution < 1.29 is 17.9 Å². The van der Waals surface area contributed by atoms with Gasteiger partial charge in [0.25, 0.3) is 0 Å². The zero-order valence-corrected chi connectivity index (χ0v) is 13.8. The minimum Gasteiger partial charge on any atom is -0.465 e. The number of methoxy groups -OCH3 is 1. The van der Waals surface area contributed by atoms with Crippen molar-refractivity contribution in [1.82, 2.24) is 4.31 Å². The summed E-state index contributed by atoms with van der Waals surface area (Å²) >= 11 is 1.14. The standard InChI is InChI=1S/C14H19NO4S2/c1-9-8-20-12(14(16)19-2)13(9)21(17,18)15(11-5-6-11)7-10-3-4-10/h8,10-11H,3-7H2,1-2H3. The van der Waals surface area contributed by atoms with Crippen molar-refractivity contribution in [2.75, 3.05) is 13.7 Å². The van der Waals surface area contributed by atoms with Crippen molar-refractivity contribution >= 4 is 27.3 Å². The van der Waals surface area contributed by atoms with Gasteiger partial charge in [0.05, 0.1) is 7.11 Å². The molecule has 0 aromatic carbocycles. The summed E-state index contributed by atoms with van der Waals surface area (Å²) in [4.78, 5) is 12.2. The lowest BCUT2D eigenvalue weighted by atomic mass is 10.3. The third-order valence-corrected chi connectivity index (χ3v) is 7.26. The van der Waals surface area contributed by atoms with E-state index < -0.39 is 16.0 Å². The molecule has 1 heterocycles. The first-order chi connectivity index (χ1) is 9.95. The Kier molecular flexibility index (Phi) is 3.83. The van der Waals surface area contributed by atoms with Gasteiger partial charge >= 0.3 is 5.97 Å². The molecule has 0 radical (unpaired) electrons. The van der Waals surface area contributed by atoms with Crippen LogP contribution in [0.5, 0.6) is 0 Å². The summed E-state index contributed by atoms with van der Waals surface area (Å²) in [5.74, 6) is -0.0882. The molecule has 0 unspecified atom stereocenters. The fraction of sp³-hybridized carbons (Fsp3) is 0.643. The van der Waals surface area contributed by atoms with Gasteiger partial charge in [-0.25, -0.2) is 13.2 Å². The second-order valence-electron chi connectivity index (χ2n) is 5.82. The van der Waals surface area contributed by atoms with Crippen LogP contribution in [-0.2, 0) is 14.8 Å². The average molecular weight is 329 g/mol. The van der Waals surface area contributed by atoms with Crippen LogP contribution in [0, 0.1) is 12.8 Å². The van der Waals surface area contributed by atoms with Crippen LogP contribution in [0.4, 0.5) is 0 Å². The molecule has 2 aliphatic carbocycles. The molecule has 116 valence electrons. The van der Waals surface area contributed by atoms with Crippen LogP contribution in [0.15, 0.2) is 10.3 Å². The van der Waals surface area contributed by atoms with Gasteiger partial charge < -0.3 is 4.74 Å². The largest absolute Gasteiger partial charge is 0.465 e. The lowest BCUT2D eigenvalue weighted by Gasteiger charge is -2.22. The van der Waals surface area contributed by atoms with E-state index in [1.165, 1.54) is 7.11 Å². The van der Waals surface area contributed by atoms with E-state index in [0.717, 1.165) is 37.0 Å². The summed E-state index contributed by atoms with van der Waals surface area (Å²) in [6.45, 7) is 2.32. The molecule has 0 saturated heterocycles. The smallest absolute Gasteiger partial charge is 0.349 e. The fourth-order valence-electron chi connectivity index (χ4n) is 2.47. The molecule has 2 saturated carbocycles. The zero-order chi connectivity index (χ0) is 15.2. The summed E-state index contributed by atoms with van der Waals surface area (Å²) in [5, 5.41) is 1.71. The first-order valence-electron chi connectivity index (χ1n) is 7.13. The molecule has 0 amide bonds. The lowest BCUT2D eigenvalue weighted by Crippen LogP contribution is -2.35. The minimum absolute atomic E-state index is 0.111. The molecule has 0 atom stereocenters. The number of carbonyl (C=O) groups is 1. The Bertz CT molecular complexity index is 657. The van der Waals surface area contributed by atoms with Crippen molar-refractivity contribution in [2.45, 2.75) is 43.5 Å². The maximum absolute atomic E-state index is 13.0. The molecule has 0 spiro atoms. The Morgan fingerprint density at radius 2 is 2.05 bits per heavy atom. The quantitative estimate of drug-likeness (QED) is 0.752. The third-order valence-electron chi connectivity index (χ3n) is 3.94. The summed E-state index contributed by atoms with van der Waals surface area (Å²) in [7, 11) is -2.35. The first kappa shape index (κ1) is 15.0. The van der Waals surface area contributed by atoms with E-state index >= 15 is 0 Å². The monoisotopic (exact) mass is 329 g/mol. The van der Waals surface area contributed by atoms with Gasteiger partial charge in [0.1, 0.15) is 9.77 Å². The SMILES string of the molecule is COC(=O)c1scc(C)c1S(=O)(=O)N(CC1CC1)C1CC1. The van der Waals surface area contributed by atoms with Gasteiger partial charge in [-0.3, -0.25) is 0 Å². The van der Waals surface area contributed by atoms with Gasteiger partial charge in [0.15, 0.2) is 0 Å². The summed E-state index contributed by atoms with van der Waals surface area (Å²) in [6.07, 6.45) is 4.04. The Labute approximate surface area is 129 Å². The molecule has 0 aliphatic heterocycles. The number of thiophene rings is 1. The van der Waals surface area contributed by atoms with E-state index in [1.54, 1.807) is 16.6 Å². The van der Waals surface area contributed by atoms with Crippen molar-refractivity contribution in [2.24, 2.45) is 5.92 Å². The second-order valence-corrected chi connectivity index (χ2v) is 8.52. The number of rotatable bonds is 6. The molecule has 21 heavy (non-hydrogen) atoms. The van der Waals surface area contributed by atoms with E-state index in [2.05, 4.69) is 0 Å². The van der Waals surface area contributed by atoms with Gasteiger partial charge in [0.2, 0.25) is 10.0 Å². The van der Waals surface area contributed by atoms with Gasteiger partial charge in [-0.05, 0) is 49.5 Å². The van der Waals surface area contributed by atoms with Crippen molar-refractivity contribution in [3.05, 3.63) is 15.8 Å². The van der Waals surface area contributed by atoms with E-state index in [-0.39, 0.29) is 15.8 Å². The van der Waals surface area contributed by atoms with Gasteiger partial charge in [-0.1, -0.05) is 0 Å². The van der Waals surface area contributed by atoms with Crippen LogP contribution in [0.25, 0.3) is 0 Å². The van der Waals surface area contributed by atoms with Crippen LogP contribution >= 0.6 is 11.3 Å². The molecule has 0 bridgehead atoms. The number of sulfonamides is 1. The number of aryl methyl sites for hydroxylation is 1. The molecule has 0 N–H and O–H groups in total. The zero-order valence-electron chi connectivity index (χ0n) is 12.2. The van der Waals surface area contributed by atoms with Crippen molar-refractivity contribution in [1.29, 1.82) is 0 Å². The van der Waals surface area contributed by atoms with Crippen LogP contribution in [-0.4, -0.2) is 38.4 Å². The highest BCUT2D eigenvalue weighted by molar-refractivity contribution is 7.89. The second kappa shape index (κ2) is 5.37. The van der Waals surface area contributed by atoms with Crippen LogP contribution in [0.3, 0.4) is 0 Å². The van der Waals surface area contributed by atoms with Gasteiger partial charge in [0, 0.05) is 12.6 Å². The first-order valence-corrected chi connectivity index (χ1v) is 9.45. The predicted octanol–water partition coefficient (Wildman–Crippen LogP) is 2.41. The maximum Gasteiger partial charge on any atom is 0.349 e. The van der Waals surface area contributed by atoms with Gasteiger partial charge in [-0.15, -0.1) is 11.3 Å². The molecule has 5 nitrogen and oxygen atoms in total. The highest BCUT2D eigenvalue weighted by Gasteiger charge is 2.43. The molecular weight excluding hydrogens is 310 g/mol. The Morgan fingerprint density at radius 3 is 2.57 bits per heavy atom. The molecule has 3 rings (SSSR count). The molecule has 1 aromatic rings. The van der Waals surface area contributed by atoms with E-state index in [0.29, 0.717) is 18.0 Å². The molecular formula is C14H19NO4S2. The van der Waals surface area contributed by atoms with Crippen LogP contribution < -0.4 is 0 Å². The highest BCUT2D eigenvalue weighted by atomic mass is 32.2. The normalized spacial score (nSPS) is 19.0. The molecule has 2 fully saturated rings. The number of nitrogens with zero attached hydrogens (tertiary/aromatic N) is 1.